The Morgan fingerprint density at radius 3 is 2.72 bits per heavy atom. The van der Waals surface area contributed by atoms with Crippen LogP contribution in [-0.4, -0.2) is 39.3 Å². The second kappa shape index (κ2) is 12.0. The number of unbranched alkanes of at least 4 members (excludes halogenated alkanes) is 3. The predicted molar refractivity (Wildman–Crippen MR) is 97.1 cm³/mol. The van der Waals surface area contributed by atoms with Crippen molar-refractivity contribution in [3.05, 3.63) is 24.3 Å². The molecule has 0 saturated heterocycles. The van der Waals surface area contributed by atoms with Crippen LogP contribution < -0.4 is 0 Å². The van der Waals surface area contributed by atoms with Gasteiger partial charge in [0.25, 0.3) is 0 Å². The molecule has 0 unspecified atom stereocenters. The molecule has 1 aliphatic rings. The number of rotatable bonds is 12. The molecule has 5 nitrogen and oxygen atoms in total. The summed E-state index contributed by atoms with van der Waals surface area (Å²) in [6, 6.07) is 0. The first-order valence-corrected chi connectivity index (χ1v) is 9.39. The van der Waals surface area contributed by atoms with Crippen LogP contribution in [0.2, 0.25) is 0 Å². The maximum atomic E-state index is 12.1. The van der Waals surface area contributed by atoms with E-state index in [1.54, 1.807) is 12.2 Å². The van der Waals surface area contributed by atoms with Gasteiger partial charge >= 0.3 is 5.97 Å². The van der Waals surface area contributed by atoms with Crippen LogP contribution in [-0.2, 0) is 9.59 Å². The van der Waals surface area contributed by atoms with Crippen LogP contribution in [0.5, 0.6) is 0 Å². The average molecular weight is 352 g/mol. The van der Waals surface area contributed by atoms with E-state index in [2.05, 4.69) is 13.0 Å². The van der Waals surface area contributed by atoms with Crippen molar-refractivity contribution < 1.29 is 24.9 Å². The normalized spacial score (nSPS) is 25.2. The van der Waals surface area contributed by atoms with E-state index in [0.29, 0.717) is 19.3 Å². The van der Waals surface area contributed by atoms with Crippen molar-refractivity contribution in [2.75, 3.05) is 0 Å². The minimum atomic E-state index is -0.876. The molecule has 25 heavy (non-hydrogen) atoms. The Hall–Kier alpha value is -1.46. The summed E-state index contributed by atoms with van der Waals surface area (Å²) in [6.45, 7) is 2.16. The molecule has 0 heterocycles. The van der Waals surface area contributed by atoms with Gasteiger partial charge in [-0.1, -0.05) is 44.1 Å². The summed E-state index contributed by atoms with van der Waals surface area (Å²) in [4.78, 5) is 22.6. The highest BCUT2D eigenvalue weighted by Crippen LogP contribution is 2.33. The third-order valence-electron chi connectivity index (χ3n) is 4.71. The maximum absolute atomic E-state index is 12.1. The van der Waals surface area contributed by atoms with E-state index in [-0.39, 0.29) is 30.5 Å². The Balaban J connectivity index is 2.49. The zero-order valence-corrected chi connectivity index (χ0v) is 15.1. The van der Waals surface area contributed by atoms with E-state index in [1.807, 2.05) is 6.08 Å². The standard InChI is InChI=1S/C20H32O5/c1-2-3-4-5-6-7-10-16-17(19(23)14-18(16)22)13-12-15(21)9-8-11-20(24)25/h6-7,12-13,15-17,19,21,23H,2-5,8-11,14H2,1H3,(H,24,25)/b7-6-,13-12+/t15-,16+,17+,19-/m1/s1. The number of carbonyl (C=O) groups is 2. The first-order valence-electron chi connectivity index (χ1n) is 9.39. The lowest BCUT2D eigenvalue weighted by Crippen LogP contribution is -2.18. The van der Waals surface area contributed by atoms with Gasteiger partial charge in [0.2, 0.25) is 0 Å². The van der Waals surface area contributed by atoms with Gasteiger partial charge in [0.05, 0.1) is 12.2 Å². The highest BCUT2D eigenvalue weighted by molar-refractivity contribution is 5.84. The molecule has 142 valence electrons. The fraction of sp³-hybridized carbons (Fsp3) is 0.700. The number of aliphatic hydroxyl groups is 2. The predicted octanol–water partition coefficient (Wildman–Crippen LogP) is 3.25. The highest BCUT2D eigenvalue weighted by atomic mass is 16.4. The molecule has 1 saturated carbocycles. The van der Waals surface area contributed by atoms with Crippen molar-refractivity contribution in [3.63, 3.8) is 0 Å². The van der Waals surface area contributed by atoms with Crippen LogP contribution in [0, 0.1) is 11.8 Å². The maximum Gasteiger partial charge on any atom is 0.303 e. The number of carboxylic acids is 1. The molecular weight excluding hydrogens is 320 g/mol. The summed E-state index contributed by atoms with van der Waals surface area (Å²) < 4.78 is 0. The molecule has 0 aromatic heterocycles. The highest BCUT2D eigenvalue weighted by Gasteiger charge is 2.39. The molecule has 0 radical (unpaired) electrons. The van der Waals surface area contributed by atoms with Crippen LogP contribution in [0.15, 0.2) is 24.3 Å². The molecule has 0 bridgehead atoms. The van der Waals surface area contributed by atoms with Crippen LogP contribution in [0.25, 0.3) is 0 Å². The summed E-state index contributed by atoms with van der Waals surface area (Å²) in [5.41, 5.74) is 0. The fourth-order valence-corrected chi connectivity index (χ4v) is 3.22. The minimum absolute atomic E-state index is 0.0287. The topological polar surface area (TPSA) is 94.8 Å². The van der Waals surface area contributed by atoms with Crippen LogP contribution >= 0.6 is 0 Å². The first kappa shape index (κ1) is 21.6. The van der Waals surface area contributed by atoms with Crippen molar-refractivity contribution in [2.24, 2.45) is 11.8 Å². The van der Waals surface area contributed by atoms with Crippen molar-refractivity contribution in [3.8, 4) is 0 Å². The van der Waals surface area contributed by atoms with Gasteiger partial charge in [0.15, 0.2) is 0 Å². The Bertz CT molecular complexity index is 469. The van der Waals surface area contributed by atoms with E-state index in [9.17, 15) is 19.8 Å². The van der Waals surface area contributed by atoms with E-state index >= 15 is 0 Å². The van der Waals surface area contributed by atoms with Crippen LogP contribution in [0.1, 0.15) is 64.7 Å². The van der Waals surface area contributed by atoms with Gasteiger partial charge in [-0.25, -0.2) is 0 Å². The van der Waals surface area contributed by atoms with Crippen molar-refractivity contribution in [2.45, 2.75) is 76.9 Å². The number of aliphatic hydroxyl groups excluding tert-OH is 2. The molecule has 5 heteroatoms. The molecule has 4 atom stereocenters. The molecule has 0 aromatic rings. The molecule has 0 amide bonds. The molecule has 0 spiro atoms. The lowest BCUT2D eigenvalue weighted by Gasteiger charge is -2.16. The number of ketones is 1. The Kier molecular flexibility index (Phi) is 10.3. The van der Waals surface area contributed by atoms with Gasteiger partial charge in [-0.2, -0.15) is 0 Å². The number of aliphatic carboxylic acids is 1. The first-order chi connectivity index (χ1) is 12.0. The van der Waals surface area contributed by atoms with Crippen molar-refractivity contribution >= 4 is 11.8 Å². The number of hydrogen-bond donors (Lipinski definition) is 3. The zero-order valence-electron chi connectivity index (χ0n) is 15.1. The second-order valence-electron chi connectivity index (χ2n) is 6.86. The second-order valence-corrected chi connectivity index (χ2v) is 6.86. The van der Waals surface area contributed by atoms with E-state index in [1.165, 1.54) is 12.8 Å². The quantitative estimate of drug-likeness (QED) is 0.370. The number of carbonyl (C=O) groups excluding carboxylic acids is 1. The Morgan fingerprint density at radius 2 is 2.04 bits per heavy atom. The monoisotopic (exact) mass is 352 g/mol. The van der Waals surface area contributed by atoms with E-state index in [4.69, 9.17) is 5.11 Å². The Labute approximate surface area is 150 Å². The zero-order chi connectivity index (χ0) is 18.7. The third kappa shape index (κ3) is 8.45. The Morgan fingerprint density at radius 1 is 1.28 bits per heavy atom. The van der Waals surface area contributed by atoms with Gasteiger partial charge in [0, 0.05) is 24.7 Å². The van der Waals surface area contributed by atoms with Crippen LogP contribution in [0.4, 0.5) is 0 Å². The van der Waals surface area contributed by atoms with Gasteiger partial charge in [-0.05, 0) is 32.1 Å². The number of allylic oxidation sites excluding steroid dienone is 2. The minimum Gasteiger partial charge on any atom is -0.481 e. The summed E-state index contributed by atoms with van der Waals surface area (Å²) in [5.74, 6) is -1.32. The van der Waals surface area contributed by atoms with E-state index in [0.717, 1.165) is 12.8 Å². The summed E-state index contributed by atoms with van der Waals surface area (Å²) in [5, 5.41) is 28.6. The number of carboxylic acid groups (broad SMARTS) is 1. The largest absolute Gasteiger partial charge is 0.481 e. The van der Waals surface area contributed by atoms with Gasteiger partial charge in [-0.3, -0.25) is 9.59 Å². The number of hydrogen-bond acceptors (Lipinski definition) is 4. The van der Waals surface area contributed by atoms with Gasteiger partial charge in [-0.15, -0.1) is 0 Å². The lowest BCUT2D eigenvalue weighted by atomic mass is 9.90. The SMILES string of the molecule is CCCCC/C=C\C[C@@H]1C(=O)C[C@@H](O)[C@H]1/C=C/[C@H](O)CCCC(=O)O. The molecule has 0 aromatic carbocycles. The van der Waals surface area contributed by atoms with Gasteiger partial charge < -0.3 is 15.3 Å². The smallest absolute Gasteiger partial charge is 0.303 e. The number of Topliss-reactive ketones (excluding diaryl/α,β-unsaturated/α-hetero) is 1. The summed E-state index contributed by atoms with van der Waals surface area (Å²) >= 11 is 0. The molecule has 1 aliphatic carbocycles. The van der Waals surface area contributed by atoms with Crippen molar-refractivity contribution in [1.29, 1.82) is 0 Å². The average Bonchev–Trinajstić information content (AvgIpc) is 2.81. The molecule has 3 N–H and O–H groups in total. The molecule has 0 aliphatic heterocycles. The van der Waals surface area contributed by atoms with Gasteiger partial charge in [0.1, 0.15) is 5.78 Å². The molecule has 1 rings (SSSR count). The molecule has 1 fully saturated rings. The lowest BCUT2D eigenvalue weighted by molar-refractivity contribution is -0.137. The van der Waals surface area contributed by atoms with E-state index < -0.39 is 18.2 Å². The van der Waals surface area contributed by atoms with Crippen LogP contribution in [0.3, 0.4) is 0 Å². The fourth-order valence-electron chi connectivity index (χ4n) is 3.22. The summed E-state index contributed by atoms with van der Waals surface area (Å²) in [6.07, 6.45) is 12.1. The summed E-state index contributed by atoms with van der Waals surface area (Å²) in [7, 11) is 0. The van der Waals surface area contributed by atoms with Crippen molar-refractivity contribution in [1.82, 2.24) is 0 Å². The third-order valence-corrected chi connectivity index (χ3v) is 4.71. The molecular formula is C20H32O5.